The summed E-state index contributed by atoms with van der Waals surface area (Å²) < 4.78 is 25.9. The van der Waals surface area contributed by atoms with E-state index in [9.17, 15) is 8.78 Å². The molecule has 1 aromatic carbocycles. The van der Waals surface area contributed by atoms with Crippen LogP contribution in [0.5, 0.6) is 0 Å². The molecule has 0 saturated heterocycles. The van der Waals surface area contributed by atoms with Crippen molar-refractivity contribution in [3.63, 3.8) is 0 Å². The van der Waals surface area contributed by atoms with E-state index in [1.807, 2.05) is 0 Å². The Balaban J connectivity index is 2.72. The second kappa shape index (κ2) is 5.39. The van der Waals surface area contributed by atoms with Crippen molar-refractivity contribution in [2.45, 2.75) is 33.2 Å². The summed E-state index contributed by atoms with van der Waals surface area (Å²) in [6.45, 7) is 6.25. The number of hydrogen-bond acceptors (Lipinski definition) is 1. The van der Waals surface area contributed by atoms with Gasteiger partial charge in [-0.3, -0.25) is 0 Å². The predicted octanol–water partition coefficient (Wildman–Crippen LogP) is 3.13. The summed E-state index contributed by atoms with van der Waals surface area (Å²) in [5.74, 6) is -0.293. The average Bonchev–Trinajstić information content (AvgIpc) is 2.14. The van der Waals surface area contributed by atoms with E-state index in [1.54, 1.807) is 0 Å². The number of hydrogen-bond donors (Lipinski definition) is 1. The molecule has 0 radical (unpaired) electrons. The van der Waals surface area contributed by atoms with E-state index in [2.05, 4.69) is 20.8 Å². The van der Waals surface area contributed by atoms with Crippen LogP contribution in [0.25, 0.3) is 0 Å². The highest BCUT2D eigenvalue weighted by atomic mass is 19.1. The second-order valence-electron chi connectivity index (χ2n) is 4.75. The molecule has 2 N–H and O–H groups in total. The maximum atomic E-state index is 13.0. The van der Waals surface area contributed by atoms with Crippen LogP contribution in [0.1, 0.15) is 26.3 Å². The van der Waals surface area contributed by atoms with Crippen LogP contribution in [0.3, 0.4) is 0 Å². The molecular formula is C13H19F2N. The van der Waals surface area contributed by atoms with Gasteiger partial charge in [-0.2, -0.15) is 0 Å². The molecule has 0 aromatic heterocycles. The van der Waals surface area contributed by atoms with E-state index in [4.69, 9.17) is 5.73 Å². The summed E-state index contributed by atoms with van der Waals surface area (Å²) in [5, 5.41) is 0. The van der Waals surface area contributed by atoms with Gasteiger partial charge in [0.05, 0.1) is 0 Å². The predicted molar refractivity (Wildman–Crippen MR) is 62.0 cm³/mol. The number of rotatable bonds is 4. The SMILES string of the molecule is CC(C)C(C)C(N)Cc1cc(F)cc(F)c1. The molecule has 0 fully saturated rings. The van der Waals surface area contributed by atoms with Gasteiger partial charge < -0.3 is 5.73 Å². The summed E-state index contributed by atoms with van der Waals surface area (Å²) in [4.78, 5) is 0. The van der Waals surface area contributed by atoms with Crippen molar-refractivity contribution in [2.24, 2.45) is 17.6 Å². The van der Waals surface area contributed by atoms with Crippen LogP contribution in [0, 0.1) is 23.5 Å². The summed E-state index contributed by atoms with van der Waals surface area (Å²) in [7, 11) is 0. The first-order chi connectivity index (χ1) is 7.40. The lowest BCUT2D eigenvalue weighted by atomic mass is 9.87. The van der Waals surface area contributed by atoms with Gasteiger partial charge in [-0.15, -0.1) is 0 Å². The lowest BCUT2D eigenvalue weighted by Crippen LogP contribution is -2.33. The quantitative estimate of drug-likeness (QED) is 0.840. The second-order valence-corrected chi connectivity index (χ2v) is 4.75. The van der Waals surface area contributed by atoms with Crippen molar-refractivity contribution in [3.05, 3.63) is 35.4 Å². The molecule has 2 unspecified atom stereocenters. The molecule has 0 bridgehead atoms. The molecule has 16 heavy (non-hydrogen) atoms. The Hall–Kier alpha value is -0.960. The summed E-state index contributed by atoms with van der Waals surface area (Å²) in [6.07, 6.45) is 0.508. The summed E-state index contributed by atoms with van der Waals surface area (Å²) in [5.41, 5.74) is 6.63. The minimum atomic E-state index is -0.542. The number of benzene rings is 1. The molecule has 0 heterocycles. The first-order valence-electron chi connectivity index (χ1n) is 5.60. The molecule has 0 spiro atoms. The highest BCUT2D eigenvalue weighted by Gasteiger charge is 2.17. The molecule has 0 aliphatic heterocycles. The van der Waals surface area contributed by atoms with Crippen molar-refractivity contribution in [1.29, 1.82) is 0 Å². The molecule has 0 aliphatic rings. The first kappa shape index (κ1) is 13.1. The van der Waals surface area contributed by atoms with Gasteiger partial charge in [-0.05, 0) is 36.0 Å². The Morgan fingerprint density at radius 1 is 1.06 bits per heavy atom. The van der Waals surface area contributed by atoms with E-state index >= 15 is 0 Å². The molecule has 3 heteroatoms. The van der Waals surface area contributed by atoms with E-state index in [1.165, 1.54) is 12.1 Å². The van der Waals surface area contributed by atoms with Gasteiger partial charge in [0.25, 0.3) is 0 Å². The Morgan fingerprint density at radius 3 is 2.00 bits per heavy atom. The summed E-state index contributed by atoms with van der Waals surface area (Å²) >= 11 is 0. The minimum Gasteiger partial charge on any atom is -0.327 e. The number of nitrogens with two attached hydrogens (primary N) is 1. The molecule has 0 aliphatic carbocycles. The van der Waals surface area contributed by atoms with Gasteiger partial charge >= 0.3 is 0 Å². The fourth-order valence-corrected chi connectivity index (χ4v) is 1.68. The topological polar surface area (TPSA) is 26.0 Å². The fraction of sp³-hybridized carbons (Fsp3) is 0.538. The van der Waals surface area contributed by atoms with Crippen molar-refractivity contribution in [2.75, 3.05) is 0 Å². The van der Waals surface area contributed by atoms with Gasteiger partial charge in [0.15, 0.2) is 0 Å². The normalized spacial score (nSPS) is 15.2. The van der Waals surface area contributed by atoms with Gasteiger partial charge in [0.2, 0.25) is 0 Å². The zero-order valence-corrected chi connectivity index (χ0v) is 10.0. The molecule has 1 aromatic rings. The van der Waals surface area contributed by atoms with E-state index < -0.39 is 11.6 Å². The van der Waals surface area contributed by atoms with Crippen molar-refractivity contribution in [3.8, 4) is 0 Å². The monoisotopic (exact) mass is 227 g/mol. The third-order valence-corrected chi connectivity index (χ3v) is 3.12. The molecule has 2 atom stereocenters. The third-order valence-electron chi connectivity index (χ3n) is 3.12. The molecule has 0 saturated carbocycles. The van der Waals surface area contributed by atoms with Crippen molar-refractivity contribution < 1.29 is 8.78 Å². The largest absolute Gasteiger partial charge is 0.327 e. The highest BCUT2D eigenvalue weighted by Crippen LogP contribution is 2.17. The maximum Gasteiger partial charge on any atom is 0.126 e. The molecule has 1 rings (SSSR count). The van der Waals surface area contributed by atoms with Crippen LogP contribution < -0.4 is 5.73 Å². The van der Waals surface area contributed by atoms with Gasteiger partial charge in [-0.25, -0.2) is 8.78 Å². The molecular weight excluding hydrogens is 208 g/mol. The van der Waals surface area contributed by atoms with E-state index in [0.717, 1.165) is 6.07 Å². The molecule has 0 amide bonds. The van der Waals surface area contributed by atoms with E-state index in [0.29, 0.717) is 23.8 Å². The third kappa shape index (κ3) is 3.56. The zero-order valence-electron chi connectivity index (χ0n) is 10.0. The van der Waals surface area contributed by atoms with Crippen molar-refractivity contribution >= 4 is 0 Å². The number of halogens is 2. The standard InChI is InChI=1S/C13H19F2N/c1-8(2)9(3)13(16)6-10-4-11(14)7-12(15)5-10/h4-5,7-9,13H,6,16H2,1-3H3. The van der Waals surface area contributed by atoms with Crippen LogP contribution in [0.2, 0.25) is 0 Å². The fourth-order valence-electron chi connectivity index (χ4n) is 1.68. The Labute approximate surface area is 95.7 Å². The molecule has 90 valence electrons. The van der Waals surface area contributed by atoms with Gasteiger partial charge in [0.1, 0.15) is 11.6 Å². The highest BCUT2D eigenvalue weighted by molar-refractivity contribution is 5.19. The molecule has 1 nitrogen and oxygen atoms in total. The van der Waals surface area contributed by atoms with Crippen LogP contribution >= 0.6 is 0 Å². The minimum absolute atomic E-state index is 0.0683. The lowest BCUT2D eigenvalue weighted by molar-refractivity contribution is 0.344. The summed E-state index contributed by atoms with van der Waals surface area (Å²) in [6, 6.07) is 3.49. The van der Waals surface area contributed by atoms with Crippen molar-refractivity contribution in [1.82, 2.24) is 0 Å². The Bertz CT molecular complexity index is 330. The first-order valence-corrected chi connectivity index (χ1v) is 5.60. The zero-order chi connectivity index (χ0) is 12.3. The van der Waals surface area contributed by atoms with Gasteiger partial charge in [-0.1, -0.05) is 20.8 Å². The lowest BCUT2D eigenvalue weighted by Gasteiger charge is -2.23. The van der Waals surface area contributed by atoms with Crippen LogP contribution in [0.4, 0.5) is 8.78 Å². The van der Waals surface area contributed by atoms with Crippen LogP contribution in [-0.4, -0.2) is 6.04 Å². The Kier molecular flexibility index (Phi) is 4.42. The van der Waals surface area contributed by atoms with Crippen LogP contribution in [0.15, 0.2) is 18.2 Å². The smallest absolute Gasteiger partial charge is 0.126 e. The maximum absolute atomic E-state index is 13.0. The van der Waals surface area contributed by atoms with Gasteiger partial charge in [0, 0.05) is 12.1 Å². The average molecular weight is 227 g/mol. The van der Waals surface area contributed by atoms with Crippen LogP contribution in [-0.2, 0) is 6.42 Å². The van der Waals surface area contributed by atoms with E-state index in [-0.39, 0.29) is 6.04 Å². The Morgan fingerprint density at radius 2 is 1.56 bits per heavy atom.